The molecule has 0 spiro atoms. The van der Waals surface area contributed by atoms with Crippen LogP contribution in [0.1, 0.15) is 12.7 Å². The molecule has 0 saturated carbocycles. The van der Waals surface area contributed by atoms with Crippen LogP contribution in [0.4, 0.5) is 0 Å². The molecule has 0 N–H and O–H groups in total. The van der Waals surface area contributed by atoms with Crippen LogP contribution in [0.5, 0.6) is 5.75 Å². The fourth-order valence-corrected chi connectivity index (χ4v) is 3.17. The Labute approximate surface area is 161 Å². The largest absolute Gasteiger partial charge is 0.484 e. The van der Waals surface area contributed by atoms with E-state index in [4.69, 9.17) is 44.3 Å². The van der Waals surface area contributed by atoms with Crippen molar-refractivity contribution >= 4 is 45.8 Å². The number of halogens is 3. The maximum absolute atomic E-state index is 6.16. The van der Waals surface area contributed by atoms with E-state index in [-0.39, 0.29) is 6.61 Å². The first-order valence-corrected chi connectivity index (χ1v) is 9.02. The normalized spacial score (nSPS) is 11.2. The molecule has 3 rings (SSSR count). The molecule has 0 aliphatic rings. The van der Waals surface area contributed by atoms with Gasteiger partial charge in [-0.2, -0.15) is 0 Å². The van der Waals surface area contributed by atoms with Crippen LogP contribution in [-0.4, -0.2) is 22.8 Å². The lowest BCUT2D eigenvalue weighted by Crippen LogP contribution is -2.11. The Morgan fingerprint density at radius 1 is 1.04 bits per heavy atom. The van der Waals surface area contributed by atoms with Gasteiger partial charge in [-0.05, 0) is 43.3 Å². The second kappa shape index (κ2) is 8.28. The van der Waals surface area contributed by atoms with Gasteiger partial charge in [0.05, 0.1) is 22.7 Å². The molecule has 0 aliphatic heterocycles. The summed E-state index contributed by atoms with van der Waals surface area (Å²) in [6, 6.07) is 10.7. The molecular weight excluding hydrogens is 383 g/mol. The summed E-state index contributed by atoms with van der Waals surface area (Å²) in [5, 5.41) is 1.70. The van der Waals surface area contributed by atoms with E-state index in [1.54, 1.807) is 18.2 Å². The van der Waals surface area contributed by atoms with Crippen molar-refractivity contribution in [3.05, 3.63) is 57.3 Å². The average Bonchev–Trinajstić information content (AvgIpc) is 2.91. The van der Waals surface area contributed by atoms with Gasteiger partial charge >= 0.3 is 0 Å². The maximum atomic E-state index is 6.16. The van der Waals surface area contributed by atoms with E-state index < -0.39 is 0 Å². The summed E-state index contributed by atoms with van der Waals surface area (Å²) in [5.74, 6) is 1.34. The van der Waals surface area contributed by atoms with Crippen LogP contribution in [0.3, 0.4) is 0 Å². The summed E-state index contributed by atoms with van der Waals surface area (Å²) >= 11 is 18.2. The predicted molar refractivity (Wildman–Crippen MR) is 102 cm³/mol. The van der Waals surface area contributed by atoms with Crippen LogP contribution >= 0.6 is 34.8 Å². The minimum Gasteiger partial charge on any atom is -0.484 e. The summed E-state index contributed by atoms with van der Waals surface area (Å²) in [7, 11) is 0. The fraction of sp³-hybridized carbons (Fsp3) is 0.278. The SMILES string of the molecule is CCOCCn1c(COc2ccc(Cl)cc2Cl)nc2ccc(Cl)cc21. The Kier molecular flexibility index (Phi) is 6.07. The van der Waals surface area contributed by atoms with Crippen molar-refractivity contribution in [1.82, 2.24) is 9.55 Å². The van der Waals surface area contributed by atoms with E-state index in [1.807, 2.05) is 25.1 Å². The zero-order valence-corrected chi connectivity index (χ0v) is 15.9. The molecular formula is C18H17Cl3N2O2. The molecule has 1 heterocycles. The lowest BCUT2D eigenvalue weighted by atomic mass is 10.3. The number of nitrogens with zero attached hydrogens (tertiary/aromatic N) is 2. The molecule has 132 valence electrons. The monoisotopic (exact) mass is 398 g/mol. The third-order valence-corrected chi connectivity index (χ3v) is 4.47. The molecule has 25 heavy (non-hydrogen) atoms. The summed E-state index contributed by atoms with van der Waals surface area (Å²) in [6.45, 7) is 4.16. The van der Waals surface area contributed by atoms with Crippen molar-refractivity contribution in [2.45, 2.75) is 20.1 Å². The van der Waals surface area contributed by atoms with Gasteiger partial charge in [0.15, 0.2) is 0 Å². The van der Waals surface area contributed by atoms with Gasteiger partial charge in [0.1, 0.15) is 18.2 Å². The Hall–Kier alpha value is -1.46. The first-order valence-electron chi connectivity index (χ1n) is 7.88. The first kappa shape index (κ1) is 18.3. The Morgan fingerprint density at radius 2 is 1.80 bits per heavy atom. The van der Waals surface area contributed by atoms with Crippen molar-refractivity contribution in [1.29, 1.82) is 0 Å². The summed E-state index contributed by atoms with van der Waals surface area (Å²) in [4.78, 5) is 4.65. The number of benzene rings is 2. The van der Waals surface area contributed by atoms with Crippen LogP contribution in [-0.2, 0) is 17.9 Å². The highest BCUT2D eigenvalue weighted by molar-refractivity contribution is 6.35. The molecule has 0 saturated heterocycles. The zero-order chi connectivity index (χ0) is 17.8. The molecule has 0 amide bonds. The van der Waals surface area contributed by atoms with Crippen LogP contribution in [0.15, 0.2) is 36.4 Å². The lowest BCUT2D eigenvalue weighted by Gasteiger charge is -2.11. The minimum absolute atomic E-state index is 0.278. The van der Waals surface area contributed by atoms with Crippen molar-refractivity contribution < 1.29 is 9.47 Å². The van der Waals surface area contributed by atoms with E-state index in [0.29, 0.717) is 40.6 Å². The van der Waals surface area contributed by atoms with Crippen LogP contribution in [0, 0.1) is 0 Å². The van der Waals surface area contributed by atoms with Gasteiger partial charge in [-0.15, -0.1) is 0 Å². The van der Waals surface area contributed by atoms with E-state index in [2.05, 4.69) is 9.55 Å². The van der Waals surface area contributed by atoms with Gasteiger partial charge in [-0.3, -0.25) is 0 Å². The maximum Gasteiger partial charge on any atom is 0.148 e. The van der Waals surface area contributed by atoms with Crippen molar-refractivity contribution in [3.63, 3.8) is 0 Å². The highest BCUT2D eigenvalue weighted by atomic mass is 35.5. The number of hydrogen-bond donors (Lipinski definition) is 0. The quantitative estimate of drug-likeness (QED) is 0.484. The number of ether oxygens (including phenoxy) is 2. The second-order valence-electron chi connectivity index (χ2n) is 5.37. The van der Waals surface area contributed by atoms with Crippen molar-refractivity contribution in [3.8, 4) is 5.75 Å². The molecule has 2 aromatic carbocycles. The Balaban J connectivity index is 1.87. The molecule has 0 unspecified atom stereocenters. The molecule has 0 fully saturated rings. The lowest BCUT2D eigenvalue weighted by molar-refractivity contribution is 0.138. The first-order chi connectivity index (χ1) is 12.1. The highest BCUT2D eigenvalue weighted by Gasteiger charge is 2.13. The molecule has 0 atom stereocenters. The molecule has 0 aliphatic carbocycles. The van der Waals surface area contributed by atoms with Gasteiger partial charge in [0.25, 0.3) is 0 Å². The fourth-order valence-electron chi connectivity index (χ4n) is 2.54. The number of aromatic nitrogens is 2. The highest BCUT2D eigenvalue weighted by Crippen LogP contribution is 2.28. The van der Waals surface area contributed by atoms with Crippen LogP contribution < -0.4 is 4.74 Å². The summed E-state index contributed by atoms with van der Waals surface area (Å²) < 4.78 is 13.4. The predicted octanol–water partition coefficient (Wildman–Crippen LogP) is 5.61. The Morgan fingerprint density at radius 3 is 2.56 bits per heavy atom. The van der Waals surface area contributed by atoms with Crippen molar-refractivity contribution in [2.24, 2.45) is 0 Å². The minimum atomic E-state index is 0.278. The summed E-state index contributed by atoms with van der Waals surface area (Å²) in [5.41, 5.74) is 1.81. The summed E-state index contributed by atoms with van der Waals surface area (Å²) in [6.07, 6.45) is 0. The molecule has 7 heteroatoms. The van der Waals surface area contributed by atoms with Gasteiger partial charge < -0.3 is 14.0 Å². The smallest absolute Gasteiger partial charge is 0.148 e. The van der Waals surface area contributed by atoms with Gasteiger partial charge in [-0.25, -0.2) is 4.98 Å². The molecule has 0 radical (unpaired) electrons. The zero-order valence-electron chi connectivity index (χ0n) is 13.6. The number of imidazole rings is 1. The third kappa shape index (κ3) is 4.39. The van der Waals surface area contributed by atoms with Crippen LogP contribution in [0.2, 0.25) is 15.1 Å². The number of rotatable bonds is 7. The van der Waals surface area contributed by atoms with E-state index in [9.17, 15) is 0 Å². The topological polar surface area (TPSA) is 36.3 Å². The van der Waals surface area contributed by atoms with E-state index >= 15 is 0 Å². The standard InChI is InChI=1S/C18H17Cl3N2O2/c1-2-24-8-7-23-16-10-13(20)3-5-15(16)22-18(23)11-25-17-6-4-12(19)9-14(17)21/h3-6,9-10H,2,7-8,11H2,1H3. The van der Waals surface area contributed by atoms with E-state index in [1.165, 1.54) is 0 Å². The number of fused-ring (bicyclic) bond motifs is 1. The molecule has 4 nitrogen and oxygen atoms in total. The molecule has 3 aromatic rings. The van der Waals surface area contributed by atoms with E-state index in [0.717, 1.165) is 16.9 Å². The van der Waals surface area contributed by atoms with Gasteiger partial charge in [-0.1, -0.05) is 34.8 Å². The van der Waals surface area contributed by atoms with Gasteiger partial charge in [0, 0.05) is 23.2 Å². The molecule has 0 bridgehead atoms. The third-order valence-electron chi connectivity index (χ3n) is 3.70. The van der Waals surface area contributed by atoms with Crippen LogP contribution in [0.25, 0.3) is 11.0 Å². The second-order valence-corrected chi connectivity index (χ2v) is 6.65. The van der Waals surface area contributed by atoms with Crippen molar-refractivity contribution in [2.75, 3.05) is 13.2 Å². The average molecular weight is 400 g/mol. The number of hydrogen-bond acceptors (Lipinski definition) is 3. The van der Waals surface area contributed by atoms with Gasteiger partial charge in [0.2, 0.25) is 0 Å². The Bertz CT molecular complexity index is 880. The molecule has 1 aromatic heterocycles.